The molecule has 28 heavy (non-hydrogen) atoms. The molecule has 2 bridgehead atoms. The van der Waals surface area contributed by atoms with Crippen LogP contribution in [0.5, 0.6) is 0 Å². The maximum absolute atomic E-state index is 13.9. The molecule has 2 aromatic carbocycles. The van der Waals surface area contributed by atoms with Crippen LogP contribution in [0.25, 0.3) is 0 Å². The van der Waals surface area contributed by atoms with E-state index >= 15 is 0 Å². The van der Waals surface area contributed by atoms with Crippen molar-refractivity contribution < 1.29 is 18.0 Å². The standard InChI is InChI=1S/C23H24F3NO/c24-20-10-9-16(22(25)23(20)26)13-21(28)17-11-18-7-4-8-19(12-17)27(18)14-15-5-2-1-3-6-15/h1-3,5-6,9-10,17-19H,4,7-8,11-14H2. The zero-order valence-electron chi connectivity index (χ0n) is 15.7. The van der Waals surface area contributed by atoms with Crippen molar-refractivity contribution >= 4 is 5.78 Å². The monoisotopic (exact) mass is 387 g/mol. The lowest BCUT2D eigenvalue weighted by Gasteiger charge is -2.48. The first-order chi connectivity index (χ1) is 13.5. The Morgan fingerprint density at radius 2 is 1.61 bits per heavy atom. The van der Waals surface area contributed by atoms with Crippen molar-refractivity contribution in [2.75, 3.05) is 0 Å². The molecule has 2 aromatic rings. The molecule has 0 radical (unpaired) electrons. The molecule has 2 fully saturated rings. The van der Waals surface area contributed by atoms with Crippen molar-refractivity contribution in [3.63, 3.8) is 0 Å². The Morgan fingerprint density at radius 1 is 0.929 bits per heavy atom. The predicted molar refractivity (Wildman–Crippen MR) is 101 cm³/mol. The van der Waals surface area contributed by atoms with Crippen LogP contribution in [-0.2, 0) is 17.8 Å². The first-order valence-electron chi connectivity index (χ1n) is 9.97. The molecule has 2 atom stereocenters. The van der Waals surface area contributed by atoms with Crippen molar-refractivity contribution in [1.82, 2.24) is 4.90 Å². The molecule has 2 nitrogen and oxygen atoms in total. The number of carbonyl (C=O) groups is 1. The summed E-state index contributed by atoms with van der Waals surface area (Å²) in [5.74, 6) is -4.18. The molecule has 0 saturated carbocycles. The predicted octanol–water partition coefficient (Wildman–Crippen LogP) is 5.05. The van der Waals surface area contributed by atoms with Gasteiger partial charge in [-0.05, 0) is 42.9 Å². The van der Waals surface area contributed by atoms with Gasteiger partial charge in [0, 0.05) is 31.0 Å². The van der Waals surface area contributed by atoms with Crippen molar-refractivity contribution in [3.8, 4) is 0 Å². The average Bonchev–Trinajstić information content (AvgIpc) is 2.69. The Bertz CT molecular complexity index is 840. The number of hydrogen-bond donors (Lipinski definition) is 0. The SMILES string of the molecule is O=C(Cc1ccc(F)c(F)c1F)C1CC2CCCC(C1)N2Cc1ccccc1. The summed E-state index contributed by atoms with van der Waals surface area (Å²) in [4.78, 5) is 15.3. The second-order valence-electron chi connectivity index (χ2n) is 8.04. The molecule has 2 saturated heterocycles. The van der Waals surface area contributed by atoms with E-state index in [4.69, 9.17) is 0 Å². The van der Waals surface area contributed by atoms with E-state index in [9.17, 15) is 18.0 Å². The van der Waals surface area contributed by atoms with Gasteiger partial charge < -0.3 is 0 Å². The van der Waals surface area contributed by atoms with Crippen molar-refractivity contribution in [2.45, 2.75) is 57.2 Å². The lowest BCUT2D eigenvalue weighted by atomic mass is 9.75. The smallest absolute Gasteiger partial charge is 0.194 e. The highest BCUT2D eigenvalue weighted by atomic mass is 19.2. The molecule has 2 aliphatic heterocycles. The summed E-state index contributed by atoms with van der Waals surface area (Å²) in [6, 6.07) is 13.1. The molecule has 5 heteroatoms. The van der Waals surface area contributed by atoms with E-state index in [2.05, 4.69) is 17.0 Å². The number of rotatable bonds is 5. The van der Waals surface area contributed by atoms with Crippen molar-refractivity contribution in [1.29, 1.82) is 0 Å². The van der Waals surface area contributed by atoms with Gasteiger partial charge in [0.25, 0.3) is 0 Å². The number of nitrogens with zero attached hydrogens (tertiary/aromatic N) is 1. The van der Waals surface area contributed by atoms with E-state index in [0.717, 1.165) is 38.3 Å². The zero-order chi connectivity index (χ0) is 19.7. The quantitative estimate of drug-likeness (QED) is 0.669. The van der Waals surface area contributed by atoms with Crippen LogP contribution < -0.4 is 0 Å². The summed E-state index contributed by atoms with van der Waals surface area (Å²) in [6.07, 6.45) is 4.63. The van der Waals surface area contributed by atoms with E-state index in [1.807, 2.05) is 18.2 Å². The number of benzene rings is 2. The number of ketones is 1. The van der Waals surface area contributed by atoms with E-state index in [1.54, 1.807) is 0 Å². The fourth-order valence-corrected chi connectivity index (χ4v) is 4.83. The van der Waals surface area contributed by atoms with Gasteiger partial charge in [0.1, 0.15) is 5.78 Å². The molecule has 0 amide bonds. The van der Waals surface area contributed by atoms with Gasteiger partial charge in [-0.25, -0.2) is 13.2 Å². The Kier molecular flexibility index (Phi) is 5.54. The Morgan fingerprint density at radius 3 is 2.29 bits per heavy atom. The Labute approximate surface area is 163 Å². The van der Waals surface area contributed by atoms with Crippen LogP contribution in [0.15, 0.2) is 42.5 Å². The molecule has 4 rings (SSSR count). The van der Waals surface area contributed by atoms with Gasteiger partial charge in [-0.15, -0.1) is 0 Å². The molecule has 2 unspecified atom stereocenters. The molecule has 0 aliphatic carbocycles. The van der Waals surface area contributed by atoms with Gasteiger partial charge in [-0.1, -0.05) is 42.8 Å². The summed E-state index contributed by atoms with van der Waals surface area (Å²) < 4.78 is 40.5. The average molecular weight is 387 g/mol. The van der Waals surface area contributed by atoms with E-state index in [1.165, 1.54) is 18.1 Å². The topological polar surface area (TPSA) is 20.3 Å². The number of Topliss-reactive ketones (excluding diaryl/α,β-unsaturated/α-hetero) is 1. The van der Waals surface area contributed by atoms with Gasteiger partial charge in [-0.3, -0.25) is 9.69 Å². The van der Waals surface area contributed by atoms with Crippen LogP contribution in [0.4, 0.5) is 13.2 Å². The number of hydrogen-bond acceptors (Lipinski definition) is 2. The number of carbonyl (C=O) groups excluding carboxylic acids is 1. The first-order valence-corrected chi connectivity index (χ1v) is 9.97. The molecule has 0 spiro atoms. The van der Waals surface area contributed by atoms with Crippen LogP contribution in [0.1, 0.15) is 43.2 Å². The highest BCUT2D eigenvalue weighted by molar-refractivity contribution is 5.83. The number of fused-ring (bicyclic) bond motifs is 2. The third-order valence-corrected chi connectivity index (χ3v) is 6.27. The molecule has 2 heterocycles. The first kappa shape index (κ1) is 19.2. The second kappa shape index (κ2) is 8.08. The number of piperidine rings is 2. The fourth-order valence-electron chi connectivity index (χ4n) is 4.83. The minimum absolute atomic E-state index is 0.0548. The van der Waals surface area contributed by atoms with Crippen molar-refractivity contribution in [3.05, 3.63) is 71.0 Å². The third-order valence-electron chi connectivity index (χ3n) is 6.27. The minimum Gasteiger partial charge on any atom is -0.299 e. The van der Waals surface area contributed by atoms with Gasteiger partial charge in [0.15, 0.2) is 17.5 Å². The molecule has 0 aromatic heterocycles. The normalized spacial score (nSPS) is 24.9. The maximum atomic E-state index is 13.9. The highest BCUT2D eigenvalue weighted by Gasteiger charge is 2.40. The second-order valence-corrected chi connectivity index (χ2v) is 8.04. The Hall–Kier alpha value is -2.14. The van der Waals surface area contributed by atoms with Crippen LogP contribution in [-0.4, -0.2) is 22.8 Å². The minimum atomic E-state index is -1.50. The summed E-state index contributed by atoms with van der Waals surface area (Å²) >= 11 is 0. The summed E-state index contributed by atoms with van der Waals surface area (Å²) in [7, 11) is 0. The molecule has 0 N–H and O–H groups in total. The third kappa shape index (κ3) is 3.86. The molecular formula is C23H24F3NO. The fraction of sp³-hybridized carbons (Fsp3) is 0.435. The Balaban J connectivity index is 1.45. The van der Waals surface area contributed by atoms with Crippen molar-refractivity contribution in [2.24, 2.45) is 5.92 Å². The van der Waals surface area contributed by atoms with Crippen LogP contribution in [0.3, 0.4) is 0 Å². The summed E-state index contributed by atoms with van der Waals surface area (Å²) in [5, 5.41) is 0. The number of halogens is 3. The maximum Gasteiger partial charge on any atom is 0.194 e. The van der Waals surface area contributed by atoms with Crippen LogP contribution in [0, 0.1) is 23.4 Å². The lowest BCUT2D eigenvalue weighted by Crippen LogP contribution is -2.52. The van der Waals surface area contributed by atoms with Gasteiger partial charge >= 0.3 is 0 Å². The zero-order valence-corrected chi connectivity index (χ0v) is 15.7. The van der Waals surface area contributed by atoms with Gasteiger partial charge in [-0.2, -0.15) is 0 Å². The molecule has 148 valence electrons. The van der Waals surface area contributed by atoms with Crippen LogP contribution in [0.2, 0.25) is 0 Å². The largest absolute Gasteiger partial charge is 0.299 e. The summed E-state index contributed by atoms with van der Waals surface area (Å²) in [6.45, 7) is 0.884. The highest BCUT2D eigenvalue weighted by Crippen LogP contribution is 2.38. The van der Waals surface area contributed by atoms with Crippen LogP contribution >= 0.6 is 0 Å². The van der Waals surface area contributed by atoms with E-state index in [0.29, 0.717) is 12.1 Å². The lowest BCUT2D eigenvalue weighted by molar-refractivity contribution is -0.126. The molecular weight excluding hydrogens is 363 g/mol. The van der Waals surface area contributed by atoms with Gasteiger partial charge in [0.05, 0.1) is 0 Å². The molecule has 2 aliphatic rings. The van der Waals surface area contributed by atoms with E-state index < -0.39 is 17.5 Å². The van der Waals surface area contributed by atoms with Gasteiger partial charge in [0.2, 0.25) is 0 Å². The summed E-state index contributed by atoms with van der Waals surface area (Å²) in [5.41, 5.74) is 1.22. The van der Waals surface area contributed by atoms with E-state index in [-0.39, 0.29) is 23.7 Å².